The molecule has 0 saturated carbocycles. The summed E-state index contributed by atoms with van der Waals surface area (Å²) in [6.07, 6.45) is 1.11. The van der Waals surface area contributed by atoms with Gasteiger partial charge >= 0.3 is 0 Å². The van der Waals surface area contributed by atoms with Crippen LogP contribution in [0, 0.1) is 0 Å². The van der Waals surface area contributed by atoms with Gasteiger partial charge in [-0.25, -0.2) is 4.98 Å². The monoisotopic (exact) mass is 254 g/mol. The zero-order valence-electron chi connectivity index (χ0n) is 11.0. The summed E-state index contributed by atoms with van der Waals surface area (Å²) in [7, 11) is 1.66. The highest BCUT2D eigenvalue weighted by molar-refractivity contribution is 5.28. The first-order chi connectivity index (χ1) is 9.38. The maximum Gasteiger partial charge on any atom is 0.213 e. The zero-order valence-corrected chi connectivity index (χ0v) is 11.0. The minimum absolute atomic E-state index is 0.348. The fraction of sp³-hybridized carbons (Fsp3) is 0.312. The lowest BCUT2D eigenvalue weighted by Crippen LogP contribution is -2.17. The summed E-state index contributed by atoms with van der Waals surface area (Å²) in [4.78, 5) is 4.59. The topological polar surface area (TPSA) is 34.1 Å². The molecule has 1 N–H and O–H groups in total. The first-order valence-electron chi connectivity index (χ1n) is 6.68. The van der Waals surface area contributed by atoms with E-state index >= 15 is 0 Å². The van der Waals surface area contributed by atoms with Crippen molar-refractivity contribution in [1.82, 2.24) is 10.3 Å². The summed E-state index contributed by atoms with van der Waals surface area (Å²) in [6, 6.07) is 16.9. The Kier molecular flexibility index (Phi) is 3.47. The second-order valence-electron chi connectivity index (χ2n) is 4.84. The molecular formula is C16H18N2O. The minimum atomic E-state index is 0.348. The second-order valence-corrected chi connectivity index (χ2v) is 4.84. The Balaban J connectivity index is 1.90. The van der Waals surface area contributed by atoms with E-state index in [1.54, 1.807) is 7.11 Å². The van der Waals surface area contributed by atoms with Crippen molar-refractivity contribution in [2.75, 3.05) is 13.7 Å². The Morgan fingerprint density at radius 2 is 1.95 bits per heavy atom. The van der Waals surface area contributed by atoms with Crippen molar-refractivity contribution in [3.05, 3.63) is 59.8 Å². The van der Waals surface area contributed by atoms with Crippen LogP contribution < -0.4 is 10.1 Å². The molecule has 2 unspecified atom stereocenters. The molecule has 0 amide bonds. The molecule has 2 aromatic rings. The third-order valence-corrected chi connectivity index (χ3v) is 3.71. The molecule has 2 atom stereocenters. The molecule has 1 saturated heterocycles. The average Bonchev–Trinajstić information content (AvgIpc) is 2.98. The van der Waals surface area contributed by atoms with E-state index in [9.17, 15) is 0 Å². The molecule has 0 aliphatic carbocycles. The molecule has 1 aliphatic heterocycles. The SMILES string of the molecule is COc1cccc(C2CCNC2c2ccccc2)n1. The molecule has 98 valence electrons. The van der Waals surface area contributed by atoms with Gasteiger partial charge in [0.05, 0.1) is 7.11 Å². The van der Waals surface area contributed by atoms with Gasteiger partial charge in [0.15, 0.2) is 0 Å². The van der Waals surface area contributed by atoms with E-state index in [0.29, 0.717) is 17.8 Å². The first kappa shape index (κ1) is 12.2. The zero-order chi connectivity index (χ0) is 13.1. The largest absolute Gasteiger partial charge is 0.481 e. The molecule has 1 aromatic heterocycles. The smallest absolute Gasteiger partial charge is 0.213 e. The maximum absolute atomic E-state index is 5.22. The highest BCUT2D eigenvalue weighted by Crippen LogP contribution is 2.37. The standard InChI is InChI=1S/C16H18N2O/c1-19-15-9-5-8-14(18-15)13-10-11-17-16(13)12-6-3-2-4-7-12/h2-9,13,16-17H,10-11H2,1H3. The van der Waals surface area contributed by atoms with Gasteiger partial charge in [-0.1, -0.05) is 36.4 Å². The van der Waals surface area contributed by atoms with Gasteiger partial charge in [0.1, 0.15) is 0 Å². The van der Waals surface area contributed by atoms with Crippen molar-refractivity contribution >= 4 is 0 Å². The van der Waals surface area contributed by atoms with E-state index in [1.165, 1.54) is 5.56 Å². The van der Waals surface area contributed by atoms with Gasteiger partial charge in [-0.2, -0.15) is 0 Å². The molecule has 1 aromatic carbocycles. The van der Waals surface area contributed by atoms with Crippen LogP contribution in [0.3, 0.4) is 0 Å². The van der Waals surface area contributed by atoms with Crippen molar-refractivity contribution < 1.29 is 4.74 Å². The van der Waals surface area contributed by atoms with Crippen molar-refractivity contribution in [3.63, 3.8) is 0 Å². The summed E-state index contributed by atoms with van der Waals surface area (Å²) in [6.45, 7) is 1.03. The maximum atomic E-state index is 5.22. The number of aromatic nitrogens is 1. The van der Waals surface area contributed by atoms with Crippen LogP contribution in [-0.2, 0) is 0 Å². The molecule has 2 heterocycles. The van der Waals surface area contributed by atoms with Gasteiger partial charge in [-0.05, 0) is 24.6 Å². The Bertz CT molecular complexity index is 541. The average molecular weight is 254 g/mol. The van der Waals surface area contributed by atoms with Crippen LogP contribution in [0.2, 0.25) is 0 Å². The van der Waals surface area contributed by atoms with Gasteiger partial charge in [0.25, 0.3) is 0 Å². The lowest BCUT2D eigenvalue weighted by molar-refractivity contribution is 0.394. The van der Waals surface area contributed by atoms with E-state index in [0.717, 1.165) is 18.7 Å². The van der Waals surface area contributed by atoms with Crippen LogP contribution in [0.15, 0.2) is 48.5 Å². The van der Waals surface area contributed by atoms with E-state index < -0.39 is 0 Å². The van der Waals surface area contributed by atoms with Crippen molar-refractivity contribution in [2.24, 2.45) is 0 Å². The van der Waals surface area contributed by atoms with Crippen LogP contribution in [0.1, 0.15) is 29.6 Å². The molecule has 0 bridgehead atoms. The van der Waals surface area contributed by atoms with Crippen LogP contribution in [-0.4, -0.2) is 18.6 Å². The first-order valence-corrected chi connectivity index (χ1v) is 6.68. The third kappa shape index (κ3) is 2.47. The van der Waals surface area contributed by atoms with Gasteiger partial charge < -0.3 is 10.1 Å². The van der Waals surface area contributed by atoms with Gasteiger partial charge in [-0.15, -0.1) is 0 Å². The van der Waals surface area contributed by atoms with Gasteiger partial charge in [0, 0.05) is 23.7 Å². The van der Waals surface area contributed by atoms with Crippen LogP contribution in [0.5, 0.6) is 5.88 Å². The number of hydrogen-bond donors (Lipinski definition) is 1. The fourth-order valence-corrected chi connectivity index (χ4v) is 2.78. The number of ether oxygens (including phenoxy) is 1. The molecule has 19 heavy (non-hydrogen) atoms. The van der Waals surface area contributed by atoms with Crippen molar-refractivity contribution in [1.29, 1.82) is 0 Å². The van der Waals surface area contributed by atoms with Crippen LogP contribution in [0.4, 0.5) is 0 Å². The van der Waals surface area contributed by atoms with Crippen LogP contribution in [0.25, 0.3) is 0 Å². The summed E-state index contributed by atoms with van der Waals surface area (Å²) in [5.41, 5.74) is 2.44. The summed E-state index contributed by atoms with van der Waals surface area (Å²) < 4.78 is 5.22. The number of nitrogens with zero attached hydrogens (tertiary/aromatic N) is 1. The number of hydrogen-bond acceptors (Lipinski definition) is 3. The molecule has 3 heteroatoms. The van der Waals surface area contributed by atoms with Gasteiger partial charge in [0.2, 0.25) is 5.88 Å². The molecule has 1 fully saturated rings. The Hall–Kier alpha value is -1.87. The summed E-state index contributed by atoms with van der Waals surface area (Å²) >= 11 is 0. The Morgan fingerprint density at radius 3 is 2.74 bits per heavy atom. The summed E-state index contributed by atoms with van der Waals surface area (Å²) in [5, 5.41) is 3.58. The molecule has 0 radical (unpaired) electrons. The van der Waals surface area contributed by atoms with Gasteiger partial charge in [-0.3, -0.25) is 0 Å². The fourth-order valence-electron chi connectivity index (χ4n) is 2.78. The lowest BCUT2D eigenvalue weighted by atomic mass is 9.91. The lowest BCUT2D eigenvalue weighted by Gasteiger charge is -2.20. The highest BCUT2D eigenvalue weighted by Gasteiger charge is 2.30. The van der Waals surface area contributed by atoms with Crippen molar-refractivity contribution in [2.45, 2.75) is 18.4 Å². The number of pyridine rings is 1. The molecule has 0 spiro atoms. The van der Waals surface area contributed by atoms with E-state index in [4.69, 9.17) is 4.74 Å². The highest BCUT2D eigenvalue weighted by atomic mass is 16.5. The second kappa shape index (κ2) is 5.41. The molecule has 3 nitrogen and oxygen atoms in total. The minimum Gasteiger partial charge on any atom is -0.481 e. The quantitative estimate of drug-likeness (QED) is 0.914. The van der Waals surface area contributed by atoms with E-state index in [-0.39, 0.29) is 0 Å². The third-order valence-electron chi connectivity index (χ3n) is 3.71. The van der Waals surface area contributed by atoms with E-state index in [1.807, 2.05) is 12.1 Å². The number of benzene rings is 1. The summed E-state index contributed by atoms with van der Waals surface area (Å²) in [5.74, 6) is 1.11. The molecular weight excluding hydrogens is 236 g/mol. The normalized spacial score (nSPS) is 22.4. The molecule has 3 rings (SSSR count). The van der Waals surface area contributed by atoms with Crippen molar-refractivity contribution in [3.8, 4) is 5.88 Å². The Labute approximate surface area is 113 Å². The number of methoxy groups -OCH3 is 1. The van der Waals surface area contributed by atoms with Crippen LogP contribution >= 0.6 is 0 Å². The Morgan fingerprint density at radius 1 is 1.11 bits per heavy atom. The predicted octanol–water partition coefficient (Wildman–Crippen LogP) is 2.91. The number of rotatable bonds is 3. The molecule has 1 aliphatic rings. The number of nitrogens with one attached hydrogen (secondary N) is 1. The predicted molar refractivity (Wildman–Crippen MR) is 75.3 cm³/mol. The van der Waals surface area contributed by atoms with E-state index in [2.05, 4.69) is 46.7 Å².